The summed E-state index contributed by atoms with van der Waals surface area (Å²) in [6.45, 7) is 6.94. The number of nitrogens with two attached hydrogens (primary N) is 1. The van der Waals surface area contributed by atoms with Gasteiger partial charge in [0.25, 0.3) is 0 Å². The summed E-state index contributed by atoms with van der Waals surface area (Å²) >= 11 is 1.33. The molecule has 0 saturated heterocycles. The van der Waals surface area contributed by atoms with Gasteiger partial charge < -0.3 is 5.73 Å². The average Bonchev–Trinajstić information content (AvgIpc) is 2.35. The van der Waals surface area contributed by atoms with Gasteiger partial charge in [0, 0.05) is 12.3 Å². The second-order valence-corrected chi connectivity index (χ2v) is 6.12. The molecule has 3 heteroatoms. The first kappa shape index (κ1) is 15.3. The Labute approximate surface area is 114 Å². The molecule has 2 nitrogen and oxygen atoms in total. The molecular weight excluding hydrogens is 242 g/mol. The smallest absolute Gasteiger partial charge is 0.196 e. The highest BCUT2D eigenvalue weighted by Crippen LogP contribution is 2.22. The van der Waals surface area contributed by atoms with Gasteiger partial charge in [0.15, 0.2) is 5.12 Å². The van der Waals surface area contributed by atoms with E-state index >= 15 is 0 Å². The predicted octanol–water partition coefficient (Wildman–Crippen LogP) is 3.21. The maximum Gasteiger partial charge on any atom is 0.196 e. The Kier molecular flexibility index (Phi) is 6.44. The van der Waals surface area contributed by atoms with Crippen LogP contribution in [-0.4, -0.2) is 17.4 Å². The topological polar surface area (TPSA) is 43.1 Å². The maximum absolute atomic E-state index is 11.9. The molecule has 0 aromatic heterocycles. The monoisotopic (exact) mass is 265 g/mol. The predicted molar refractivity (Wildman–Crippen MR) is 79.9 cm³/mol. The lowest BCUT2D eigenvalue weighted by atomic mass is 9.97. The van der Waals surface area contributed by atoms with Crippen molar-refractivity contribution in [3.05, 3.63) is 35.4 Å². The third kappa shape index (κ3) is 4.83. The van der Waals surface area contributed by atoms with Crippen molar-refractivity contribution < 1.29 is 4.79 Å². The largest absolute Gasteiger partial charge is 0.330 e. The standard InChI is InChI=1S/C15H23NOS/c1-11(2)10-13-4-6-14(7-5-13)12(3)15(17)18-9-8-16/h4-7,11-12H,8-10,16H2,1-3H3. The second kappa shape index (κ2) is 7.59. The van der Waals surface area contributed by atoms with Gasteiger partial charge in [-0.3, -0.25) is 4.79 Å². The Morgan fingerprint density at radius 3 is 2.33 bits per heavy atom. The van der Waals surface area contributed by atoms with Crippen molar-refractivity contribution in [1.29, 1.82) is 0 Å². The third-order valence-electron chi connectivity index (χ3n) is 2.84. The van der Waals surface area contributed by atoms with Crippen LogP contribution < -0.4 is 5.73 Å². The summed E-state index contributed by atoms with van der Waals surface area (Å²) < 4.78 is 0. The van der Waals surface area contributed by atoms with Gasteiger partial charge in [-0.05, 0) is 23.5 Å². The van der Waals surface area contributed by atoms with Crippen molar-refractivity contribution in [3.63, 3.8) is 0 Å². The number of carbonyl (C=O) groups is 1. The van der Waals surface area contributed by atoms with E-state index in [-0.39, 0.29) is 11.0 Å². The number of thioether (sulfide) groups is 1. The molecule has 1 rings (SSSR count). The first-order chi connectivity index (χ1) is 8.54. The maximum atomic E-state index is 11.9. The molecule has 1 unspecified atom stereocenters. The van der Waals surface area contributed by atoms with Crippen LogP contribution in [0.3, 0.4) is 0 Å². The summed E-state index contributed by atoms with van der Waals surface area (Å²) in [4.78, 5) is 11.9. The van der Waals surface area contributed by atoms with Crippen LogP contribution in [0.5, 0.6) is 0 Å². The van der Waals surface area contributed by atoms with Crippen molar-refractivity contribution in [3.8, 4) is 0 Å². The van der Waals surface area contributed by atoms with Crippen molar-refractivity contribution in [1.82, 2.24) is 0 Å². The van der Waals surface area contributed by atoms with Crippen LogP contribution in [0.2, 0.25) is 0 Å². The van der Waals surface area contributed by atoms with Gasteiger partial charge in [-0.2, -0.15) is 0 Å². The molecule has 0 spiro atoms. The first-order valence-corrected chi connectivity index (χ1v) is 7.48. The molecule has 0 amide bonds. The number of hydrogen-bond acceptors (Lipinski definition) is 3. The van der Waals surface area contributed by atoms with Crippen molar-refractivity contribution in [2.75, 3.05) is 12.3 Å². The van der Waals surface area contributed by atoms with Crippen LogP contribution in [0, 0.1) is 5.92 Å². The van der Waals surface area contributed by atoms with Gasteiger partial charge >= 0.3 is 0 Å². The molecule has 1 aromatic carbocycles. The van der Waals surface area contributed by atoms with Crippen molar-refractivity contribution >= 4 is 16.9 Å². The lowest BCUT2D eigenvalue weighted by Crippen LogP contribution is -2.09. The van der Waals surface area contributed by atoms with E-state index in [0.29, 0.717) is 18.2 Å². The van der Waals surface area contributed by atoms with Crippen LogP contribution in [0.25, 0.3) is 0 Å². The number of carbonyl (C=O) groups excluding carboxylic acids is 1. The first-order valence-electron chi connectivity index (χ1n) is 6.50. The molecule has 100 valence electrons. The Balaban J connectivity index is 2.63. The summed E-state index contributed by atoms with van der Waals surface area (Å²) in [5.74, 6) is 1.32. The fraction of sp³-hybridized carbons (Fsp3) is 0.533. The Morgan fingerprint density at radius 2 is 1.83 bits per heavy atom. The van der Waals surface area contributed by atoms with E-state index in [1.54, 1.807) is 0 Å². The zero-order chi connectivity index (χ0) is 13.5. The molecule has 0 radical (unpaired) electrons. The summed E-state index contributed by atoms with van der Waals surface area (Å²) in [5, 5.41) is 0.206. The number of benzene rings is 1. The average molecular weight is 265 g/mol. The van der Waals surface area contributed by atoms with E-state index in [2.05, 4.69) is 38.1 Å². The molecule has 2 N–H and O–H groups in total. The highest BCUT2D eigenvalue weighted by molar-refractivity contribution is 8.13. The zero-order valence-electron chi connectivity index (χ0n) is 11.5. The molecule has 0 saturated carbocycles. The lowest BCUT2D eigenvalue weighted by Gasteiger charge is -2.11. The molecule has 0 heterocycles. The van der Waals surface area contributed by atoms with Crippen molar-refractivity contribution in [2.45, 2.75) is 33.1 Å². The van der Waals surface area contributed by atoms with Crippen LogP contribution in [0.15, 0.2) is 24.3 Å². The molecule has 18 heavy (non-hydrogen) atoms. The molecule has 0 aliphatic carbocycles. The van der Waals surface area contributed by atoms with Gasteiger partial charge in [-0.1, -0.05) is 56.8 Å². The minimum Gasteiger partial charge on any atom is -0.330 e. The van der Waals surface area contributed by atoms with Crippen LogP contribution in [0.4, 0.5) is 0 Å². The SMILES string of the molecule is CC(C)Cc1ccc(C(C)C(=O)SCCN)cc1. The van der Waals surface area contributed by atoms with E-state index in [1.165, 1.54) is 17.3 Å². The van der Waals surface area contributed by atoms with Gasteiger partial charge in [0.05, 0.1) is 5.92 Å². The third-order valence-corrected chi connectivity index (χ3v) is 3.92. The second-order valence-electron chi connectivity index (χ2n) is 5.02. The van der Waals surface area contributed by atoms with E-state index in [1.807, 2.05) is 6.92 Å². The van der Waals surface area contributed by atoms with Crippen LogP contribution in [0.1, 0.15) is 37.8 Å². The number of rotatable bonds is 6. The zero-order valence-corrected chi connectivity index (χ0v) is 12.3. The molecule has 1 atom stereocenters. The van der Waals surface area contributed by atoms with E-state index in [4.69, 9.17) is 5.73 Å². The van der Waals surface area contributed by atoms with E-state index in [9.17, 15) is 4.79 Å². The highest BCUT2D eigenvalue weighted by Gasteiger charge is 2.15. The lowest BCUT2D eigenvalue weighted by molar-refractivity contribution is -0.111. The summed E-state index contributed by atoms with van der Waals surface area (Å²) in [7, 11) is 0. The molecule has 0 bridgehead atoms. The number of hydrogen-bond donors (Lipinski definition) is 1. The van der Waals surface area contributed by atoms with Gasteiger partial charge in [0.1, 0.15) is 0 Å². The fourth-order valence-electron chi connectivity index (χ4n) is 1.83. The van der Waals surface area contributed by atoms with Crippen LogP contribution >= 0.6 is 11.8 Å². The van der Waals surface area contributed by atoms with E-state index in [0.717, 1.165) is 12.0 Å². The Hall–Kier alpha value is -0.800. The summed E-state index contributed by atoms with van der Waals surface area (Å²) in [5.41, 5.74) is 7.84. The van der Waals surface area contributed by atoms with Crippen LogP contribution in [-0.2, 0) is 11.2 Å². The Morgan fingerprint density at radius 1 is 1.22 bits per heavy atom. The normalized spacial score (nSPS) is 12.7. The molecular formula is C15H23NOS. The minimum absolute atomic E-state index is 0.0466. The van der Waals surface area contributed by atoms with Gasteiger partial charge in [-0.15, -0.1) is 0 Å². The highest BCUT2D eigenvalue weighted by atomic mass is 32.2. The van der Waals surface area contributed by atoms with Crippen molar-refractivity contribution in [2.24, 2.45) is 11.7 Å². The van der Waals surface area contributed by atoms with E-state index < -0.39 is 0 Å². The fourth-order valence-corrected chi connectivity index (χ4v) is 2.54. The van der Waals surface area contributed by atoms with Gasteiger partial charge in [0.2, 0.25) is 0 Å². The molecule has 0 fully saturated rings. The summed E-state index contributed by atoms with van der Waals surface area (Å²) in [6.07, 6.45) is 1.09. The molecule has 1 aromatic rings. The molecule has 0 aliphatic rings. The Bertz CT molecular complexity index is 373. The summed E-state index contributed by atoms with van der Waals surface area (Å²) in [6, 6.07) is 8.41. The quantitative estimate of drug-likeness (QED) is 0.859. The molecule has 0 aliphatic heterocycles. The minimum atomic E-state index is -0.0466. The van der Waals surface area contributed by atoms with Gasteiger partial charge in [-0.25, -0.2) is 0 Å².